The maximum atomic E-state index is 12.7. The fraction of sp³-hybridized carbons (Fsp3) is 0.385. The first kappa shape index (κ1) is 22.5. The molecule has 0 aliphatic carbocycles. The molecule has 8 heteroatoms. The lowest BCUT2D eigenvalue weighted by atomic mass is 9.91. The largest absolute Gasteiger partial charge is 0.352 e. The highest BCUT2D eigenvalue weighted by molar-refractivity contribution is 7.15. The summed E-state index contributed by atoms with van der Waals surface area (Å²) in [6.07, 6.45) is 4.01. The van der Waals surface area contributed by atoms with E-state index in [1.807, 2.05) is 29.2 Å². The molecule has 0 saturated heterocycles. The fourth-order valence-corrected chi connectivity index (χ4v) is 5.53. The van der Waals surface area contributed by atoms with Gasteiger partial charge in [0.25, 0.3) is 5.91 Å². The second-order valence-electron chi connectivity index (χ2n) is 10.1. The third-order valence-electron chi connectivity index (χ3n) is 6.08. The van der Waals surface area contributed by atoms with Crippen LogP contribution in [0.25, 0.3) is 10.7 Å². The number of thiophene rings is 1. The summed E-state index contributed by atoms with van der Waals surface area (Å²) in [6.45, 7) is 8.38. The van der Waals surface area contributed by atoms with E-state index >= 15 is 0 Å². The highest BCUT2D eigenvalue weighted by Crippen LogP contribution is 2.34. The number of hydrogen-bond donors (Lipinski definition) is 2. The van der Waals surface area contributed by atoms with Gasteiger partial charge in [-0.2, -0.15) is 0 Å². The number of benzene rings is 1. The van der Waals surface area contributed by atoms with Crippen molar-refractivity contribution in [2.24, 2.45) is 5.41 Å². The summed E-state index contributed by atoms with van der Waals surface area (Å²) in [5.74, 6) is 1.58. The van der Waals surface area contributed by atoms with Crippen LogP contribution in [0, 0.1) is 5.41 Å². The smallest absolute Gasteiger partial charge is 0.251 e. The molecule has 0 fully saturated rings. The van der Waals surface area contributed by atoms with Gasteiger partial charge in [0.1, 0.15) is 5.82 Å². The van der Waals surface area contributed by atoms with Crippen molar-refractivity contribution >= 4 is 34.7 Å². The Morgan fingerprint density at radius 2 is 2.03 bits per heavy atom. The Balaban J connectivity index is 1.32. The molecule has 2 N–H and O–H groups in total. The van der Waals surface area contributed by atoms with Crippen LogP contribution in [-0.2, 0) is 24.2 Å². The molecule has 0 unspecified atom stereocenters. The van der Waals surface area contributed by atoms with Crippen LogP contribution in [0.15, 0.2) is 36.5 Å². The van der Waals surface area contributed by atoms with Crippen molar-refractivity contribution in [3.05, 3.63) is 58.1 Å². The number of nitrogens with one attached hydrogen (secondary N) is 2. The van der Waals surface area contributed by atoms with E-state index in [9.17, 15) is 9.59 Å². The lowest BCUT2D eigenvalue weighted by molar-refractivity contribution is -0.134. The maximum Gasteiger partial charge on any atom is 0.251 e. The summed E-state index contributed by atoms with van der Waals surface area (Å²) in [5.41, 5.74) is 3.86. The second kappa shape index (κ2) is 8.83. The number of carbonyl (C=O) groups is 2. The van der Waals surface area contributed by atoms with E-state index in [0.29, 0.717) is 31.2 Å². The van der Waals surface area contributed by atoms with Gasteiger partial charge in [0.2, 0.25) is 5.91 Å². The van der Waals surface area contributed by atoms with Crippen LogP contribution in [0.3, 0.4) is 0 Å². The Bertz CT molecular complexity index is 1260. The first-order valence-corrected chi connectivity index (χ1v) is 12.5. The number of anilines is 2. The van der Waals surface area contributed by atoms with Gasteiger partial charge in [0, 0.05) is 48.4 Å². The van der Waals surface area contributed by atoms with E-state index in [1.54, 1.807) is 17.5 Å². The number of amides is 2. The molecule has 2 aliphatic heterocycles. The number of rotatable bonds is 4. The SMILES string of the molecule is CC(C)(C)CC(=O)N1CCc2sc(-c3nccc(Nc4ccc5c(c4)CCNC5=O)n3)cc2C1. The van der Waals surface area contributed by atoms with Crippen LogP contribution in [0.1, 0.15) is 53.6 Å². The van der Waals surface area contributed by atoms with Crippen molar-refractivity contribution in [2.75, 3.05) is 18.4 Å². The number of nitrogens with zero attached hydrogens (tertiary/aromatic N) is 3. The topological polar surface area (TPSA) is 87.2 Å². The Hall–Kier alpha value is -3.26. The van der Waals surface area contributed by atoms with E-state index in [1.165, 1.54) is 10.4 Å². The summed E-state index contributed by atoms with van der Waals surface area (Å²) >= 11 is 1.71. The van der Waals surface area contributed by atoms with E-state index in [4.69, 9.17) is 4.98 Å². The monoisotopic (exact) mass is 475 g/mol. The Morgan fingerprint density at radius 1 is 1.18 bits per heavy atom. The van der Waals surface area contributed by atoms with E-state index < -0.39 is 0 Å². The summed E-state index contributed by atoms with van der Waals surface area (Å²) in [5, 5.41) is 6.22. The fourth-order valence-electron chi connectivity index (χ4n) is 4.42. The molecular formula is C26H29N5O2S. The predicted molar refractivity (Wildman–Crippen MR) is 134 cm³/mol. The Kier molecular flexibility index (Phi) is 5.85. The van der Waals surface area contributed by atoms with E-state index in [2.05, 4.69) is 42.5 Å². The minimum absolute atomic E-state index is 0.0110. The van der Waals surface area contributed by atoms with Crippen LogP contribution >= 0.6 is 11.3 Å². The predicted octanol–water partition coefficient (Wildman–Crippen LogP) is 4.56. The first-order chi connectivity index (χ1) is 16.2. The quantitative estimate of drug-likeness (QED) is 0.578. The minimum Gasteiger partial charge on any atom is -0.352 e. The maximum absolute atomic E-state index is 12.7. The number of hydrogen-bond acceptors (Lipinski definition) is 6. The molecule has 0 spiro atoms. The van der Waals surface area contributed by atoms with Gasteiger partial charge in [-0.25, -0.2) is 9.97 Å². The normalized spacial score (nSPS) is 15.4. The highest BCUT2D eigenvalue weighted by Gasteiger charge is 2.26. The van der Waals surface area contributed by atoms with Gasteiger partial charge in [0.15, 0.2) is 5.82 Å². The molecule has 176 valence electrons. The first-order valence-electron chi connectivity index (χ1n) is 11.7. The molecule has 2 amide bonds. The van der Waals surface area contributed by atoms with Crippen molar-refractivity contribution in [3.63, 3.8) is 0 Å². The van der Waals surface area contributed by atoms with Crippen molar-refractivity contribution in [2.45, 2.75) is 46.6 Å². The van der Waals surface area contributed by atoms with Gasteiger partial charge in [0.05, 0.1) is 4.88 Å². The average molecular weight is 476 g/mol. The van der Waals surface area contributed by atoms with Crippen LogP contribution in [0.5, 0.6) is 0 Å². The molecule has 34 heavy (non-hydrogen) atoms. The van der Waals surface area contributed by atoms with Crippen LogP contribution in [-0.4, -0.2) is 39.8 Å². The molecule has 0 saturated carbocycles. The van der Waals surface area contributed by atoms with Crippen molar-refractivity contribution < 1.29 is 9.59 Å². The molecule has 7 nitrogen and oxygen atoms in total. The minimum atomic E-state index is -0.0162. The number of aromatic nitrogens is 2. The Morgan fingerprint density at radius 3 is 2.85 bits per heavy atom. The van der Waals surface area contributed by atoms with E-state index in [0.717, 1.165) is 41.1 Å². The van der Waals surface area contributed by atoms with Gasteiger partial charge in [-0.05, 0) is 59.7 Å². The van der Waals surface area contributed by atoms with Gasteiger partial charge in [-0.3, -0.25) is 9.59 Å². The molecule has 0 radical (unpaired) electrons. The van der Waals surface area contributed by atoms with Crippen molar-refractivity contribution in [1.82, 2.24) is 20.2 Å². The molecule has 5 rings (SSSR count). The number of fused-ring (bicyclic) bond motifs is 2. The standard InChI is InChI=1S/C26H29N5O2S/c1-26(2,3)14-23(32)31-11-8-20-17(15-31)13-21(34-20)24-27-10-7-22(30-24)29-18-4-5-19-16(12-18)6-9-28-25(19)33/h4-5,7,10,12-13H,6,8-9,11,14-15H2,1-3H3,(H,28,33)(H,27,29,30). The molecule has 2 aliphatic rings. The molecule has 2 aromatic heterocycles. The van der Waals surface area contributed by atoms with E-state index in [-0.39, 0.29) is 17.2 Å². The molecule has 4 heterocycles. The van der Waals surface area contributed by atoms with Gasteiger partial charge < -0.3 is 15.5 Å². The number of carbonyl (C=O) groups excluding carboxylic acids is 2. The summed E-state index contributed by atoms with van der Waals surface area (Å²) in [4.78, 5) is 38.2. The molecule has 3 aromatic rings. The zero-order chi connectivity index (χ0) is 23.9. The Labute approximate surface area is 203 Å². The molecule has 0 atom stereocenters. The second-order valence-corrected chi connectivity index (χ2v) is 11.3. The zero-order valence-electron chi connectivity index (χ0n) is 19.8. The van der Waals surface area contributed by atoms with Gasteiger partial charge in [-0.15, -0.1) is 11.3 Å². The summed E-state index contributed by atoms with van der Waals surface area (Å²) in [7, 11) is 0. The van der Waals surface area contributed by atoms with Crippen LogP contribution in [0.2, 0.25) is 0 Å². The molecule has 1 aromatic carbocycles. The zero-order valence-corrected chi connectivity index (χ0v) is 20.6. The van der Waals surface area contributed by atoms with Crippen LogP contribution in [0.4, 0.5) is 11.5 Å². The third-order valence-corrected chi connectivity index (χ3v) is 7.31. The van der Waals surface area contributed by atoms with Gasteiger partial charge >= 0.3 is 0 Å². The van der Waals surface area contributed by atoms with Crippen LogP contribution < -0.4 is 10.6 Å². The summed E-state index contributed by atoms with van der Waals surface area (Å²) in [6, 6.07) is 9.75. The molecular weight excluding hydrogens is 446 g/mol. The molecule has 0 bridgehead atoms. The lowest BCUT2D eigenvalue weighted by Gasteiger charge is -2.29. The summed E-state index contributed by atoms with van der Waals surface area (Å²) < 4.78 is 0. The lowest BCUT2D eigenvalue weighted by Crippen LogP contribution is -2.37. The third kappa shape index (κ3) is 4.82. The van der Waals surface area contributed by atoms with Gasteiger partial charge in [-0.1, -0.05) is 20.8 Å². The average Bonchev–Trinajstić information content (AvgIpc) is 3.22. The van der Waals surface area contributed by atoms with Crippen molar-refractivity contribution in [1.29, 1.82) is 0 Å². The van der Waals surface area contributed by atoms with Crippen molar-refractivity contribution in [3.8, 4) is 10.7 Å². The highest BCUT2D eigenvalue weighted by atomic mass is 32.1.